The minimum absolute atomic E-state index is 0.0752. The molecule has 138 valence electrons. The van der Waals surface area contributed by atoms with Crippen LogP contribution in [0.2, 0.25) is 0 Å². The van der Waals surface area contributed by atoms with E-state index in [0.29, 0.717) is 19.5 Å². The normalized spacial score (nSPS) is 17.3. The zero-order valence-electron chi connectivity index (χ0n) is 14.3. The number of carbonyl (C=O) groups is 1. The molecule has 6 heteroatoms. The molecule has 2 aromatic carbocycles. The molecule has 1 heterocycles. The highest BCUT2D eigenvalue weighted by molar-refractivity contribution is 5.99. The van der Waals surface area contributed by atoms with E-state index >= 15 is 0 Å². The first-order valence-electron chi connectivity index (χ1n) is 8.70. The van der Waals surface area contributed by atoms with Gasteiger partial charge < -0.3 is 15.1 Å². The van der Waals surface area contributed by atoms with Crippen LogP contribution < -0.4 is 0 Å². The van der Waals surface area contributed by atoms with Gasteiger partial charge in [0.2, 0.25) is 0 Å². The Hall–Kier alpha value is -2.63. The number of likely N-dealkylation sites (tertiary alicyclic amines) is 1. The number of rotatable bonds is 4. The largest absolute Gasteiger partial charge is 0.507 e. The highest BCUT2D eigenvalue weighted by Gasteiger charge is 2.27. The zero-order valence-corrected chi connectivity index (χ0v) is 14.3. The minimum atomic E-state index is -0.856. The Kier molecular flexibility index (Phi) is 5.40. The third kappa shape index (κ3) is 3.95. The van der Waals surface area contributed by atoms with Gasteiger partial charge in [-0.25, -0.2) is 8.78 Å². The lowest BCUT2D eigenvalue weighted by atomic mass is 9.91. The molecule has 26 heavy (non-hydrogen) atoms. The van der Waals surface area contributed by atoms with E-state index in [1.807, 2.05) is 0 Å². The van der Waals surface area contributed by atoms with Crippen LogP contribution in [0.25, 0.3) is 0 Å². The molecule has 0 aromatic heterocycles. The van der Waals surface area contributed by atoms with Crippen molar-refractivity contribution in [1.82, 2.24) is 4.90 Å². The number of nitrogens with zero attached hydrogens (tertiary/aromatic N) is 1. The molecule has 4 nitrogen and oxygen atoms in total. The monoisotopic (exact) mass is 361 g/mol. The number of amides is 1. The molecule has 1 saturated heterocycles. The summed E-state index contributed by atoms with van der Waals surface area (Å²) in [4.78, 5) is 14.3. The van der Waals surface area contributed by atoms with Gasteiger partial charge in [-0.15, -0.1) is 0 Å². The zero-order chi connectivity index (χ0) is 18.7. The van der Waals surface area contributed by atoms with Gasteiger partial charge in [0.05, 0.1) is 0 Å². The van der Waals surface area contributed by atoms with Crippen molar-refractivity contribution < 1.29 is 23.8 Å². The van der Waals surface area contributed by atoms with Gasteiger partial charge in [0.25, 0.3) is 5.91 Å². The van der Waals surface area contributed by atoms with Gasteiger partial charge in [-0.05, 0) is 61.4 Å². The summed E-state index contributed by atoms with van der Waals surface area (Å²) in [6.45, 7) is 1.07. The average Bonchev–Trinajstić information content (AvgIpc) is 2.63. The van der Waals surface area contributed by atoms with Gasteiger partial charge in [-0.3, -0.25) is 4.79 Å². The van der Waals surface area contributed by atoms with Gasteiger partial charge in [-0.1, -0.05) is 12.1 Å². The molecule has 0 radical (unpaired) electrons. The van der Waals surface area contributed by atoms with Crippen molar-refractivity contribution in [3.8, 4) is 11.5 Å². The Morgan fingerprint density at radius 3 is 2.54 bits per heavy atom. The maximum atomic E-state index is 13.3. The van der Waals surface area contributed by atoms with Crippen LogP contribution in [-0.4, -0.2) is 34.1 Å². The van der Waals surface area contributed by atoms with Crippen molar-refractivity contribution in [2.24, 2.45) is 5.92 Å². The molecule has 1 amide bonds. The van der Waals surface area contributed by atoms with Crippen LogP contribution in [0.4, 0.5) is 8.78 Å². The lowest BCUT2D eigenvalue weighted by Crippen LogP contribution is -2.40. The molecule has 0 spiro atoms. The number of hydrogen-bond acceptors (Lipinski definition) is 3. The summed E-state index contributed by atoms with van der Waals surface area (Å²) >= 11 is 0. The number of phenolic OH excluding ortho intramolecular Hbond substituents is 2. The van der Waals surface area contributed by atoms with Crippen molar-refractivity contribution in [2.45, 2.75) is 25.7 Å². The number of hydrogen-bond donors (Lipinski definition) is 2. The van der Waals surface area contributed by atoms with E-state index in [4.69, 9.17) is 0 Å². The topological polar surface area (TPSA) is 60.8 Å². The van der Waals surface area contributed by atoms with E-state index < -0.39 is 17.5 Å². The number of halogens is 2. The minimum Gasteiger partial charge on any atom is -0.507 e. The average molecular weight is 361 g/mol. The van der Waals surface area contributed by atoms with E-state index in [1.165, 1.54) is 24.3 Å². The second kappa shape index (κ2) is 7.72. The van der Waals surface area contributed by atoms with Crippen molar-refractivity contribution >= 4 is 5.91 Å². The van der Waals surface area contributed by atoms with Crippen molar-refractivity contribution in [2.75, 3.05) is 13.1 Å². The molecule has 0 bridgehead atoms. The Bertz CT molecular complexity index is 789. The highest BCUT2D eigenvalue weighted by Crippen LogP contribution is 2.30. The van der Waals surface area contributed by atoms with Crippen LogP contribution in [0.5, 0.6) is 11.5 Å². The first kappa shape index (κ1) is 18.2. The van der Waals surface area contributed by atoms with Crippen LogP contribution in [0.1, 0.15) is 35.2 Å². The van der Waals surface area contributed by atoms with Crippen LogP contribution in [0.15, 0.2) is 36.4 Å². The smallest absolute Gasteiger partial charge is 0.261 e. The quantitative estimate of drug-likeness (QED) is 0.869. The Morgan fingerprint density at radius 2 is 1.85 bits per heavy atom. The van der Waals surface area contributed by atoms with Crippen LogP contribution >= 0.6 is 0 Å². The van der Waals surface area contributed by atoms with E-state index in [-0.39, 0.29) is 23.0 Å². The molecule has 1 fully saturated rings. The van der Waals surface area contributed by atoms with Crippen LogP contribution in [0.3, 0.4) is 0 Å². The number of benzene rings is 2. The first-order valence-corrected chi connectivity index (χ1v) is 8.70. The SMILES string of the molecule is O=C(c1c(O)cccc1O)N1CCC[C@H](CCc2ccc(F)c(F)c2)C1. The summed E-state index contributed by atoms with van der Waals surface area (Å²) in [5.41, 5.74) is 0.652. The summed E-state index contributed by atoms with van der Waals surface area (Å²) in [6.07, 6.45) is 3.12. The number of phenols is 2. The van der Waals surface area contributed by atoms with Crippen molar-refractivity contribution in [1.29, 1.82) is 0 Å². The lowest BCUT2D eigenvalue weighted by Gasteiger charge is -2.33. The number of piperidine rings is 1. The summed E-state index contributed by atoms with van der Waals surface area (Å²) in [5.74, 6) is -2.34. The van der Waals surface area contributed by atoms with Gasteiger partial charge in [0.15, 0.2) is 11.6 Å². The molecule has 0 saturated carbocycles. The Labute approximate surface area is 150 Å². The standard InChI is InChI=1S/C20H21F2NO3/c21-15-9-8-13(11-16(15)22)6-7-14-3-2-10-23(12-14)20(26)19-17(24)4-1-5-18(19)25/h1,4-5,8-9,11,14,24-25H,2-3,6-7,10,12H2/t14-/m1/s1. The summed E-state index contributed by atoms with van der Waals surface area (Å²) in [6, 6.07) is 8.13. The molecule has 0 aliphatic carbocycles. The molecular weight excluding hydrogens is 340 g/mol. The van der Waals surface area contributed by atoms with Gasteiger partial charge in [0, 0.05) is 13.1 Å². The molecule has 3 rings (SSSR count). The number of aryl methyl sites for hydroxylation is 1. The van der Waals surface area contributed by atoms with E-state index in [9.17, 15) is 23.8 Å². The third-order valence-corrected chi connectivity index (χ3v) is 4.87. The highest BCUT2D eigenvalue weighted by atomic mass is 19.2. The summed E-state index contributed by atoms with van der Waals surface area (Å²) < 4.78 is 26.3. The first-order chi connectivity index (χ1) is 12.5. The maximum Gasteiger partial charge on any atom is 0.261 e. The molecule has 0 unspecified atom stereocenters. The predicted molar refractivity (Wildman–Crippen MR) is 93.1 cm³/mol. The molecule has 2 aromatic rings. The Balaban J connectivity index is 1.63. The molecule has 1 aliphatic heterocycles. The third-order valence-electron chi connectivity index (χ3n) is 4.87. The fourth-order valence-corrected chi connectivity index (χ4v) is 3.46. The fraction of sp³-hybridized carbons (Fsp3) is 0.350. The number of carbonyl (C=O) groups excluding carboxylic acids is 1. The molecule has 1 aliphatic rings. The van der Waals surface area contributed by atoms with Crippen LogP contribution in [0, 0.1) is 17.6 Å². The van der Waals surface area contributed by atoms with E-state index in [2.05, 4.69) is 0 Å². The fourth-order valence-electron chi connectivity index (χ4n) is 3.46. The van der Waals surface area contributed by atoms with Crippen molar-refractivity contribution in [3.05, 3.63) is 59.2 Å². The Morgan fingerprint density at radius 1 is 1.12 bits per heavy atom. The lowest BCUT2D eigenvalue weighted by molar-refractivity contribution is 0.0662. The van der Waals surface area contributed by atoms with Crippen LogP contribution in [-0.2, 0) is 6.42 Å². The molecule has 1 atom stereocenters. The summed E-state index contributed by atoms with van der Waals surface area (Å²) in [7, 11) is 0. The summed E-state index contributed by atoms with van der Waals surface area (Å²) in [5, 5.41) is 19.8. The van der Waals surface area contributed by atoms with Gasteiger partial charge in [0.1, 0.15) is 17.1 Å². The molecule has 2 N–H and O–H groups in total. The van der Waals surface area contributed by atoms with E-state index in [0.717, 1.165) is 30.9 Å². The van der Waals surface area contributed by atoms with Gasteiger partial charge >= 0.3 is 0 Å². The second-order valence-corrected chi connectivity index (χ2v) is 6.72. The van der Waals surface area contributed by atoms with Crippen molar-refractivity contribution in [3.63, 3.8) is 0 Å². The molecular formula is C20H21F2NO3. The second-order valence-electron chi connectivity index (χ2n) is 6.72. The van der Waals surface area contributed by atoms with Gasteiger partial charge in [-0.2, -0.15) is 0 Å². The predicted octanol–water partition coefficient (Wildman–Crippen LogP) is 3.86. The van der Waals surface area contributed by atoms with E-state index in [1.54, 1.807) is 11.0 Å². The number of aromatic hydroxyl groups is 2. The maximum absolute atomic E-state index is 13.3.